The predicted molar refractivity (Wildman–Crippen MR) is 146 cm³/mol. The maximum atomic E-state index is 13.6. The van der Waals surface area contributed by atoms with E-state index in [1.54, 1.807) is 20.9 Å². The van der Waals surface area contributed by atoms with Gasteiger partial charge in [0.1, 0.15) is 12.1 Å². The Morgan fingerprint density at radius 3 is 1.63 bits per heavy atom. The molecule has 3 aromatic rings. The van der Waals surface area contributed by atoms with Crippen LogP contribution in [0.25, 0.3) is 0 Å². The number of hydrogen-bond acceptors (Lipinski definition) is 4. The molecule has 2 amide bonds. The molecule has 4 rings (SSSR count). The molecule has 0 bridgehead atoms. The first-order valence-corrected chi connectivity index (χ1v) is 12.9. The third-order valence-corrected chi connectivity index (χ3v) is 7.35. The highest BCUT2D eigenvalue weighted by atomic mass is 16.4. The topological polar surface area (TPSA) is 80.9 Å². The van der Waals surface area contributed by atoms with Crippen LogP contribution in [-0.4, -0.2) is 76.9 Å². The Morgan fingerprint density at radius 2 is 1.26 bits per heavy atom. The van der Waals surface area contributed by atoms with E-state index >= 15 is 0 Å². The van der Waals surface area contributed by atoms with Gasteiger partial charge in [-0.1, -0.05) is 105 Å². The zero-order chi connectivity index (χ0) is 27.4. The lowest BCUT2D eigenvalue weighted by Gasteiger charge is -2.38. The summed E-state index contributed by atoms with van der Waals surface area (Å²) in [6, 6.07) is 29.1. The molecule has 1 saturated heterocycles. The Hall–Kier alpha value is -3.97. The highest BCUT2D eigenvalue weighted by Crippen LogP contribution is 2.48. The molecule has 2 unspecified atom stereocenters. The molecule has 7 nitrogen and oxygen atoms in total. The summed E-state index contributed by atoms with van der Waals surface area (Å²) in [7, 11) is 3.08. The number of aliphatic carboxylic acids is 1. The fourth-order valence-corrected chi connectivity index (χ4v) is 5.46. The van der Waals surface area contributed by atoms with Crippen molar-refractivity contribution in [2.75, 3.05) is 27.2 Å². The Morgan fingerprint density at radius 1 is 0.842 bits per heavy atom. The van der Waals surface area contributed by atoms with Gasteiger partial charge >= 0.3 is 5.97 Å². The minimum Gasteiger partial charge on any atom is -0.480 e. The maximum absolute atomic E-state index is 13.6. The number of amides is 2. The number of hydrogen-bond donors (Lipinski definition) is 1. The van der Waals surface area contributed by atoms with Gasteiger partial charge in [0.25, 0.3) is 0 Å². The van der Waals surface area contributed by atoms with E-state index in [1.165, 1.54) is 16.8 Å². The Labute approximate surface area is 224 Å². The average Bonchev–Trinajstić information content (AvgIpc) is 3.71. The smallest absolute Gasteiger partial charge is 0.326 e. The van der Waals surface area contributed by atoms with Crippen molar-refractivity contribution < 1.29 is 19.5 Å². The van der Waals surface area contributed by atoms with Gasteiger partial charge in [0.2, 0.25) is 11.8 Å². The van der Waals surface area contributed by atoms with Crippen molar-refractivity contribution in [2.45, 2.75) is 31.5 Å². The second kappa shape index (κ2) is 11.2. The highest BCUT2D eigenvalue weighted by Gasteiger charge is 2.56. The summed E-state index contributed by atoms with van der Waals surface area (Å²) >= 11 is 0. The van der Waals surface area contributed by atoms with Crippen LogP contribution in [0.1, 0.15) is 30.5 Å². The molecular weight excluding hydrogens is 478 g/mol. The average molecular weight is 514 g/mol. The number of carboxylic acids is 1. The van der Waals surface area contributed by atoms with E-state index in [-0.39, 0.29) is 18.4 Å². The van der Waals surface area contributed by atoms with Gasteiger partial charge in [0.05, 0.1) is 12.1 Å². The van der Waals surface area contributed by atoms with E-state index in [0.29, 0.717) is 6.54 Å². The summed E-state index contributed by atoms with van der Waals surface area (Å²) in [4.78, 5) is 43.1. The van der Waals surface area contributed by atoms with E-state index < -0.39 is 29.5 Å². The second-order valence-corrected chi connectivity index (χ2v) is 10.2. The summed E-state index contributed by atoms with van der Waals surface area (Å²) in [5.41, 5.74) is 2.45. The summed E-state index contributed by atoms with van der Waals surface area (Å²) in [6.07, 6.45) is 0. The van der Waals surface area contributed by atoms with Gasteiger partial charge in [-0.3, -0.25) is 14.5 Å². The van der Waals surface area contributed by atoms with Gasteiger partial charge in [0.15, 0.2) is 0 Å². The lowest BCUT2D eigenvalue weighted by molar-refractivity contribution is -0.152. The van der Waals surface area contributed by atoms with Gasteiger partial charge in [-0.25, -0.2) is 4.79 Å². The van der Waals surface area contributed by atoms with Crippen molar-refractivity contribution in [3.05, 3.63) is 108 Å². The summed E-state index contributed by atoms with van der Waals surface area (Å²) in [5, 5.41) is 9.57. The third kappa shape index (κ3) is 5.07. The van der Waals surface area contributed by atoms with Gasteiger partial charge in [-0.2, -0.15) is 0 Å². The summed E-state index contributed by atoms with van der Waals surface area (Å²) in [5.74, 6) is -1.90. The number of carbonyl (C=O) groups is 3. The lowest BCUT2D eigenvalue weighted by atomic mass is 9.76. The largest absolute Gasteiger partial charge is 0.480 e. The van der Waals surface area contributed by atoms with E-state index in [2.05, 4.69) is 41.3 Å². The third-order valence-electron chi connectivity index (χ3n) is 7.35. The normalized spacial score (nSPS) is 17.5. The number of benzene rings is 3. The zero-order valence-electron chi connectivity index (χ0n) is 22.3. The van der Waals surface area contributed by atoms with Crippen LogP contribution in [0.2, 0.25) is 0 Å². The molecule has 0 saturated carbocycles. The van der Waals surface area contributed by atoms with Crippen LogP contribution in [0.3, 0.4) is 0 Å². The number of carbonyl (C=O) groups excluding carboxylic acids is 2. The monoisotopic (exact) mass is 513 g/mol. The van der Waals surface area contributed by atoms with Crippen molar-refractivity contribution >= 4 is 17.8 Å². The molecular formula is C31H35N3O4. The quantitative estimate of drug-likeness (QED) is 0.330. The molecule has 0 aromatic heterocycles. The van der Waals surface area contributed by atoms with E-state index in [0.717, 1.165) is 16.7 Å². The lowest BCUT2D eigenvalue weighted by Crippen LogP contribution is -2.50. The molecule has 1 heterocycles. The Balaban J connectivity index is 1.65. The van der Waals surface area contributed by atoms with E-state index in [1.807, 2.05) is 54.6 Å². The van der Waals surface area contributed by atoms with Crippen LogP contribution in [0.5, 0.6) is 0 Å². The minimum atomic E-state index is -1.06. The minimum absolute atomic E-state index is 0.171. The summed E-state index contributed by atoms with van der Waals surface area (Å²) in [6.45, 7) is 3.85. The van der Waals surface area contributed by atoms with Crippen molar-refractivity contribution in [3.63, 3.8) is 0 Å². The molecule has 1 fully saturated rings. The van der Waals surface area contributed by atoms with Gasteiger partial charge in [-0.15, -0.1) is 0 Å². The predicted octanol–water partition coefficient (Wildman–Crippen LogP) is 3.69. The van der Waals surface area contributed by atoms with Crippen molar-refractivity contribution in [3.8, 4) is 0 Å². The number of likely N-dealkylation sites (N-methyl/N-ethyl adjacent to an activating group) is 2. The molecule has 0 radical (unpaired) electrons. The molecule has 1 aliphatic heterocycles. The molecule has 1 N–H and O–H groups in total. The molecule has 0 spiro atoms. The van der Waals surface area contributed by atoms with Gasteiger partial charge in [-0.05, 0) is 22.6 Å². The molecule has 198 valence electrons. The van der Waals surface area contributed by atoms with Gasteiger partial charge < -0.3 is 14.9 Å². The SMILES string of the molecule is CC(C)C(C(=O)O)N(C)C(=O)CN(C)C(=O)C1C[N@@]1C(c1ccccc1)(c1ccccc1)c1ccccc1. The molecule has 3 aromatic carbocycles. The molecule has 7 heteroatoms. The molecule has 38 heavy (non-hydrogen) atoms. The maximum Gasteiger partial charge on any atom is 0.326 e. The Bertz CT molecular complexity index is 1170. The summed E-state index contributed by atoms with van der Waals surface area (Å²) < 4.78 is 0. The van der Waals surface area contributed by atoms with Gasteiger partial charge in [0, 0.05) is 20.6 Å². The first kappa shape index (κ1) is 27.1. The fraction of sp³-hybridized carbons (Fsp3) is 0.323. The molecule has 3 atom stereocenters. The van der Waals surface area contributed by atoms with Crippen LogP contribution in [0.4, 0.5) is 0 Å². The first-order chi connectivity index (χ1) is 18.2. The molecule has 1 aliphatic rings. The number of carboxylic acid groups (broad SMARTS) is 1. The molecule has 0 aliphatic carbocycles. The van der Waals surface area contributed by atoms with Crippen LogP contribution < -0.4 is 0 Å². The van der Waals surface area contributed by atoms with Crippen LogP contribution in [0, 0.1) is 5.92 Å². The van der Waals surface area contributed by atoms with Crippen LogP contribution in [-0.2, 0) is 19.9 Å². The Kier molecular flexibility index (Phi) is 7.97. The fourth-order valence-electron chi connectivity index (χ4n) is 5.46. The highest BCUT2D eigenvalue weighted by molar-refractivity contribution is 5.91. The zero-order valence-corrected chi connectivity index (χ0v) is 22.3. The van der Waals surface area contributed by atoms with Crippen molar-refractivity contribution in [1.29, 1.82) is 0 Å². The van der Waals surface area contributed by atoms with E-state index in [9.17, 15) is 19.5 Å². The van der Waals surface area contributed by atoms with Crippen LogP contribution >= 0.6 is 0 Å². The first-order valence-electron chi connectivity index (χ1n) is 12.9. The standard InChI is InChI=1S/C31H35N3O4/c1-22(2)28(30(37)38)33(4)27(35)21-32(3)29(36)26-20-34(26)31(23-14-8-5-9-15-23,24-16-10-6-11-17-24)25-18-12-7-13-19-25/h5-19,22,26,28H,20-21H2,1-4H3,(H,37,38)/t26?,28?,34-/m1/s1. The van der Waals surface area contributed by atoms with E-state index in [4.69, 9.17) is 0 Å². The number of rotatable bonds is 10. The van der Waals surface area contributed by atoms with Crippen molar-refractivity contribution in [1.82, 2.24) is 14.7 Å². The van der Waals surface area contributed by atoms with Crippen LogP contribution in [0.15, 0.2) is 91.0 Å². The number of nitrogens with zero attached hydrogens (tertiary/aromatic N) is 3. The van der Waals surface area contributed by atoms with Crippen molar-refractivity contribution in [2.24, 2.45) is 5.92 Å². The second-order valence-electron chi connectivity index (χ2n) is 10.2.